The van der Waals surface area contributed by atoms with E-state index in [4.69, 9.17) is 0 Å². The Kier molecular flexibility index (Phi) is 2.92. The molecule has 4 nitrogen and oxygen atoms in total. The topological polar surface area (TPSA) is 52.0 Å². The number of anilines is 1. The Morgan fingerprint density at radius 1 is 1.50 bits per heavy atom. The van der Waals surface area contributed by atoms with Gasteiger partial charge in [0.25, 0.3) is 0 Å². The summed E-state index contributed by atoms with van der Waals surface area (Å²) in [5, 5.41) is 12.8. The van der Waals surface area contributed by atoms with E-state index in [1.165, 1.54) is 6.42 Å². The number of hydrogen-bond acceptors (Lipinski definition) is 4. The van der Waals surface area contributed by atoms with Gasteiger partial charge in [0, 0.05) is 25.3 Å². The van der Waals surface area contributed by atoms with Gasteiger partial charge in [-0.2, -0.15) is 5.26 Å². The minimum absolute atomic E-state index is 0.677. The predicted octanol–water partition coefficient (Wildman–Crippen LogP) is 1.45. The zero-order valence-electron chi connectivity index (χ0n) is 10.7. The lowest BCUT2D eigenvalue weighted by atomic mass is 9.93. The van der Waals surface area contributed by atoms with E-state index in [9.17, 15) is 5.26 Å². The molecule has 1 aromatic rings. The van der Waals surface area contributed by atoms with Crippen molar-refractivity contribution in [3.63, 3.8) is 0 Å². The first-order valence-corrected chi connectivity index (χ1v) is 6.63. The Morgan fingerprint density at radius 3 is 3.22 bits per heavy atom. The standard InChI is InChI=1S/C14H18N4/c1-10-2-5-17-14(12(10)8-15)18-7-4-13-11(9-18)3-6-16-13/h2,5,11,13,16H,3-4,6-7,9H2,1H3. The van der Waals surface area contributed by atoms with Gasteiger partial charge in [0.15, 0.2) is 0 Å². The fraction of sp³-hybridized carbons (Fsp3) is 0.571. The molecule has 0 radical (unpaired) electrons. The van der Waals surface area contributed by atoms with Crippen molar-refractivity contribution in [2.45, 2.75) is 25.8 Å². The van der Waals surface area contributed by atoms with Gasteiger partial charge in [-0.1, -0.05) is 0 Å². The second kappa shape index (κ2) is 4.58. The molecule has 2 aliphatic heterocycles. The lowest BCUT2D eigenvalue weighted by Gasteiger charge is -2.36. The summed E-state index contributed by atoms with van der Waals surface area (Å²) >= 11 is 0. The van der Waals surface area contributed by atoms with Crippen LogP contribution in [0.15, 0.2) is 12.3 Å². The molecule has 0 bridgehead atoms. The number of hydrogen-bond donors (Lipinski definition) is 1. The van der Waals surface area contributed by atoms with E-state index in [2.05, 4.69) is 21.3 Å². The number of nitrogens with zero attached hydrogens (tertiary/aromatic N) is 3. The molecule has 94 valence electrons. The molecule has 2 saturated heterocycles. The van der Waals surface area contributed by atoms with Gasteiger partial charge in [-0.3, -0.25) is 0 Å². The van der Waals surface area contributed by atoms with Crippen LogP contribution < -0.4 is 10.2 Å². The highest BCUT2D eigenvalue weighted by Gasteiger charge is 2.33. The Hall–Kier alpha value is -1.60. The first kappa shape index (κ1) is 11.5. The van der Waals surface area contributed by atoms with E-state index in [1.807, 2.05) is 19.2 Å². The number of piperidine rings is 1. The molecule has 4 heteroatoms. The zero-order chi connectivity index (χ0) is 12.5. The van der Waals surface area contributed by atoms with Gasteiger partial charge >= 0.3 is 0 Å². The van der Waals surface area contributed by atoms with Gasteiger partial charge in [0.2, 0.25) is 0 Å². The maximum Gasteiger partial charge on any atom is 0.146 e. The zero-order valence-corrected chi connectivity index (χ0v) is 10.7. The number of nitriles is 1. The summed E-state index contributed by atoms with van der Waals surface area (Å²) in [5.74, 6) is 1.59. The van der Waals surface area contributed by atoms with Crippen LogP contribution in [-0.4, -0.2) is 30.7 Å². The highest BCUT2D eigenvalue weighted by Crippen LogP contribution is 2.29. The maximum absolute atomic E-state index is 9.29. The number of aromatic nitrogens is 1. The van der Waals surface area contributed by atoms with Crippen LogP contribution in [0.2, 0.25) is 0 Å². The first-order chi connectivity index (χ1) is 8.79. The number of pyridine rings is 1. The van der Waals surface area contributed by atoms with Crippen molar-refractivity contribution in [1.29, 1.82) is 5.26 Å². The van der Waals surface area contributed by atoms with Crippen molar-refractivity contribution < 1.29 is 0 Å². The summed E-state index contributed by atoms with van der Waals surface area (Å²) in [5.41, 5.74) is 1.76. The smallest absolute Gasteiger partial charge is 0.146 e. The normalized spacial score (nSPS) is 26.8. The SMILES string of the molecule is Cc1ccnc(N2CCC3NCCC3C2)c1C#N. The molecule has 0 saturated carbocycles. The lowest BCUT2D eigenvalue weighted by Crippen LogP contribution is -2.45. The average Bonchev–Trinajstić information content (AvgIpc) is 2.85. The van der Waals surface area contributed by atoms with Gasteiger partial charge in [-0.05, 0) is 43.9 Å². The van der Waals surface area contributed by atoms with Gasteiger partial charge in [0.05, 0.1) is 5.56 Å². The largest absolute Gasteiger partial charge is 0.355 e. The monoisotopic (exact) mass is 242 g/mol. The highest BCUT2D eigenvalue weighted by atomic mass is 15.2. The fourth-order valence-corrected chi connectivity index (χ4v) is 3.16. The summed E-state index contributed by atoms with van der Waals surface area (Å²) in [6.07, 6.45) is 4.21. The summed E-state index contributed by atoms with van der Waals surface area (Å²) < 4.78 is 0. The van der Waals surface area contributed by atoms with Crippen LogP contribution in [0.25, 0.3) is 0 Å². The van der Waals surface area contributed by atoms with E-state index in [-0.39, 0.29) is 0 Å². The maximum atomic E-state index is 9.29. The van der Waals surface area contributed by atoms with Crippen LogP contribution in [0.5, 0.6) is 0 Å². The van der Waals surface area contributed by atoms with Gasteiger partial charge in [-0.25, -0.2) is 4.98 Å². The van der Waals surface area contributed by atoms with E-state index in [0.29, 0.717) is 12.0 Å². The Balaban J connectivity index is 1.87. The average molecular weight is 242 g/mol. The van der Waals surface area contributed by atoms with Crippen molar-refractivity contribution in [2.75, 3.05) is 24.5 Å². The fourth-order valence-electron chi connectivity index (χ4n) is 3.16. The summed E-state index contributed by atoms with van der Waals surface area (Å²) in [7, 11) is 0. The minimum atomic E-state index is 0.677. The van der Waals surface area contributed by atoms with Gasteiger partial charge in [0.1, 0.15) is 11.9 Å². The molecule has 0 aromatic carbocycles. The van der Waals surface area contributed by atoms with Crippen LogP contribution in [0.3, 0.4) is 0 Å². The molecule has 18 heavy (non-hydrogen) atoms. The molecule has 3 rings (SSSR count). The van der Waals surface area contributed by atoms with Crippen LogP contribution in [0, 0.1) is 24.2 Å². The Morgan fingerprint density at radius 2 is 2.39 bits per heavy atom. The van der Waals surface area contributed by atoms with E-state index in [0.717, 1.165) is 43.0 Å². The predicted molar refractivity (Wildman–Crippen MR) is 70.4 cm³/mol. The summed E-state index contributed by atoms with van der Waals surface area (Å²) in [4.78, 5) is 6.72. The quantitative estimate of drug-likeness (QED) is 0.810. The molecule has 0 amide bonds. The van der Waals surface area contributed by atoms with E-state index < -0.39 is 0 Å². The molecular formula is C14H18N4. The number of aryl methyl sites for hydroxylation is 1. The number of fused-ring (bicyclic) bond motifs is 1. The van der Waals surface area contributed by atoms with Crippen LogP contribution in [-0.2, 0) is 0 Å². The van der Waals surface area contributed by atoms with E-state index >= 15 is 0 Å². The van der Waals surface area contributed by atoms with Crippen molar-refractivity contribution in [3.05, 3.63) is 23.4 Å². The van der Waals surface area contributed by atoms with Crippen molar-refractivity contribution >= 4 is 5.82 Å². The molecule has 0 spiro atoms. The van der Waals surface area contributed by atoms with Crippen molar-refractivity contribution in [2.24, 2.45) is 5.92 Å². The van der Waals surface area contributed by atoms with Gasteiger partial charge < -0.3 is 10.2 Å². The Bertz CT molecular complexity index is 491. The molecular weight excluding hydrogens is 224 g/mol. The third-order valence-corrected chi connectivity index (χ3v) is 4.21. The molecule has 3 heterocycles. The molecule has 2 unspecified atom stereocenters. The number of rotatable bonds is 1. The van der Waals surface area contributed by atoms with E-state index in [1.54, 1.807) is 0 Å². The molecule has 1 aromatic heterocycles. The summed E-state index contributed by atoms with van der Waals surface area (Å²) in [6.45, 7) is 5.14. The van der Waals surface area contributed by atoms with Crippen molar-refractivity contribution in [3.8, 4) is 6.07 Å². The van der Waals surface area contributed by atoms with Crippen LogP contribution in [0.4, 0.5) is 5.82 Å². The van der Waals surface area contributed by atoms with Crippen molar-refractivity contribution in [1.82, 2.24) is 10.3 Å². The second-order valence-electron chi connectivity index (χ2n) is 5.28. The molecule has 2 fully saturated rings. The second-order valence-corrected chi connectivity index (χ2v) is 5.28. The van der Waals surface area contributed by atoms with Gasteiger partial charge in [-0.15, -0.1) is 0 Å². The van der Waals surface area contributed by atoms with Crippen LogP contribution in [0.1, 0.15) is 24.0 Å². The van der Waals surface area contributed by atoms with Crippen LogP contribution >= 0.6 is 0 Å². The molecule has 2 atom stereocenters. The molecule has 0 aliphatic carbocycles. The first-order valence-electron chi connectivity index (χ1n) is 6.63. The Labute approximate surface area is 108 Å². The highest BCUT2D eigenvalue weighted by molar-refractivity contribution is 5.57. The third kappa shape index (κ3) is 1.85. The minimum Gasteiger partial charge on any atom is -0.355 e. The lowest BCUT2D eigenvalue weighted by molar-refractivity contribution is 0.375. The molecule has 1 N–H and O–H groups in total. The molecule has 2 aliphatic rings. The summed E-state index contributed by atoms with van der Waals surface area (Å²) in [6, 6.07) is 4.89. The number of nitrogens with one attached hydrogen (secondary N) is 1. The third-order valence-electron chi connectivity index (χ3n) is 4.21.